The number of fused-ring (bicyclic) bond motifs is 2. The normalized spacial score (nSPS) is 23.9. The van der Waals surface area contributed by atoms with Crippen LogP contribution in [0.5, 0.6) is 0 Å². The maximum atomic E-state index is 15.1. The number of nitrogens with one attached hydrogen (secondary N) is 1. The number of nitrogens with zero attached hydrogens (tertiary/aromatic N) is 4. The molecule has 1 N–H and O–H groups in total. The Bertz CT molecular complexity index is 1260. The summed E-state index contributed by atoms with van der Waals surface area (Å²) in [5, 5.41) is 17.0. The van der Waals surface area contributed by atoms with Crippen LogP contribution in [0.4, 0.5) is 9.18 Å². The molecule has 208 valence electrons. The van der Waals surface area contributed by atoms with Crippen molar-refractivity contribution in [1.29, 1.82) is 5.26 Å². The lowest BCUT2D eigenvalue weighted by molar-refractivity contribution is -0.128. The monoisotopic (exact) mass is 537 g/mol. The van der Waals surface area contributed by atoms with E-state index < -0.39 is 35.5 Å². The number of aromatic nitrogens is 2. The number of carbonyl (C=O) groups excluding carboxylic acids is 2. The fourth-order valence-corrected chi connectivity index (χ4v) is 6.04. The summed E-state index contributed by atoms with van der Waals surface area (Å²) in [6.07, 6.45) is 7.38. The van der Waals surface area contributed by atoms with Gasteiger partial charge in [-0.05, 0) is 76.0 Å². The van der Waals surface area contributed by atoms with Crippen molar-refractivity contribution in [3.05, 3.63) is 42.0 Å². The van der Waals surface area contributed by atoms with E-state index >= 15 is 4.39 Å². The zero-order valence-corrected chi connectivity index (χ0v) is 22.7. The van der Waals surface area contributed by atoms with Gasteiger partial charge in [0.25, 0.3) is 0 Å². The Morgan fingerprint density at radius 3 is 2.67 bits per heavy atom. The molecule has 2 amide bonds. The molecular weight excluding hydrogens is 501 g/mol. The van der Waals surface area contributed by atoms with Gasteiger partial charge in [-0.15, -0.1) is 0 Å². The van der Waals surface area contributed by atoms with Crippen molar-refractivity contribution in [2.24, 2.45) is 5.92 Å². The molecule has 3 fully saturated rings. The number of ether oxygens (including phenoxy) is 2. The molecule has 10 heteroatoms. The Labute approximate surface area is 228 Å². The van der Waals surface area contributed by atoms with Gasteiger partial charge in [0.05, 0.1) is 18.3 Å². The van der Waals surface area contributed by atoms with Gasteiger partial charge in [-0.25, -0.2) is 9.18 Å². The third-order valence-electron chi connectivity index (χ3n) is 7.91. The Kier molecular flexibility index (Phi) is 7.63. The molecule has 0 spiro atoms. The van der Waals surface area contributed by atoms with Crippen LogP contribution >= 0.6 is 0 Å². The summed E-state index contributed by atoms with van der Waals surface area (Å²) in [6.45, 7) is 6.79. The molecule has 1 aliphatic carbocycles. The lowest BCUT2D eigenvalue weighted by Crippen LogP contribution is -2.55. The lowest BCUT2D eigenvalue weighted by atomic mass is 9.97. The van der Waals surface area contributed by atoms with Crippen molar-refractivity contribution in [2.75, 3.05) is 13.2 Å². The van der Waals surface area contributed by atoms with Gasteiger partial charge in [0.2, 0.25) is 5.91 Å². The van der Waals surface area contributed by atoms with Gasteiger partial charge in [-0.2, -0.15) is 10.4 Å². The first-order valence-corrected chi connectivity index (χ1v) is 13.7. The van der Waals surface area contributed by atoms with Gasteiger partial charge < -0.3 is 14.8 Å². The van der Waals surface area contributed by atoms with E-state index in [0.717, 1.165) is 37.7 Å². The molecule has 3 heterocycles. The number of hydrogen-bond acceptors (Lipinski definition) is 6. The van der Waals surface area contributed by atoms with Gasteiger partial charge in [0, 0.05) is 37.4 Å². The molecule has 2 unspecified atom stereocenters. The van der Waals surface area contributed by atoms with Crippen molar-refractivity contribution < 1.29 is 23.5 Å². The van der Waals surface area contributed by atoms with E-state index in [-0.39, 0.29) is 24.4 Å². The first-order valence-electron chi connectivity index (χ1n) is 13.7. The van der Waals surface area contributed by atoms with Crippen LogP contribution in [0.3, 0.4) is 0 Å². The molecule has 2 bridgehead atoms. The van der Waals surface area contributed by atoms with Crippen LogP contribution in [0.25, 0.3) is 11.1 Å². The van der Waals surface area contributed by atoms with Crippen LogP contribution in [-0.4, -0.2) is 63.6 Å². The molecule has 3 aliphatic rings. The number of rotatable bonds is 6. The second-order valence-corrected chi connectivity index (χ2v) is 11.8. The second-order valence-electron chi connectivity index (χ2n) is 11.8. The molecular formula is C29H36FN5O4. The van der Waals surface area contributed by atoms with Crippen LogP contribution < -0.4 is 5.32 Å². The average Bonchev–Trinajstić information content (AvgIpc) is 3.65. The number of likely N-dealkylation sites (tertiary alicyclic amines) is 1. The van der Waals surface area contributed by atoms with Gasteiger partial charge in [-0.1, -0.05) is 12.1 Å². The number of halogens is 1. The van der Waals surface area contributed by atoms with E-state index in [1.807, 2.05) is 10.9 Å². The van der Waals surface area contributed by atoms with Crippen LogP contribution in [0, 0.1) is 23.1 Å². The minimum Gasteiger partial charge on any atom is -0.444 e. The maximum absolute atomic E-state index is 15.1. The van der Waals surface area contributed by atoms with E-state index in [1.165, 1.54) is 6.07 Å². The Morgan fingerprint density at radius 2 is 1.97 bits per heavy atom. The Morgan fingerprint density at radius 1 is 1.21 bits per heavy atom. The fourth-order valence-electron chi connectivity index (χ4n) is 6.04. The Hall–Kier alpha value is -3.45. The zero-order valence-electron chi connectivity index (χ0n) is 22.7. The largest absolute Gasteiger partial charge is 0.444 e. The number of hydrogen-bond donors (Lipinski definition) is 1. The highest BCUT2D eigenvalue weighted by atomic mass is 19.1. The first kappa shape index (κ1) is 27.1. The van der Waals surface area contributed by atoms with Gasteiger partial charge in [-0.3, -0.25) is 14.4 Å². The highest BCUT2D eigenvalue weighted by Crippen LogP contribution is 2.43. The van der Waals surface area contributed by atoms with E-state index in [9.17, 15) is 14.9 Å². The van der Waals surface area contributed by atoms with E-state index in [1.54, 1.807) is 44.0 Å². The number of nitriles is 1. The number of carbonyl (C=O) groups is 2. The minimum absolute atomic E-state index is 0.0168. The molecule has 2 aromatic rings. The standard InChI is InChI=1S/C29H36FN5O4/c1-29(2,3)39-28(37)35-24-7-6-20(13-24)26(35)27(36)33-22(15-31)12-19-5-4-18(14-25(19)30)21-16-32-34(17-21)23-8-10-38-11-9-23/h4-5,14,16-17,20,22-24,26H,6-13H2,1-3H3,(H,33,36)/t20?,22?,24-,26+/m1/s1. The van der Waals surface area contributed by atoms with Crippen LogP contribution in [0.1, 0.15) is 64.5 Å². The molecule has 1 aromatic carbocycles. The zero-order chi connectivity index (χ0) is 27.7. The summed E-state index contributed by atoms with van der Waals surface area (Å²) in [5.41, 5.74) is 1.17. The van der Waals surface area contributed by atoms with Crippen molar-refractivity contribution in [2.45, 2.75) is 89.1 Å². The molecule has 1 aromatic heterocycles. The van der Waals surface area contributed by atoms with Crippen LogP contribution in [-0.2, 0) is 20.7 Å². The van der Waals surface area contributed by atoms with E-state index in [4.69, 9.17) is 9.47 Å². The summed E-state index contributed by atoms with van der Waals surface area (Å²) >= 11 is 0. The number of amides is 2. The van der Waals surface area contributed by atoms with E-state index in [2.05, 4.69) is 16.5 Å². The summed E-state index contributed by atoms with van der Waals surface area (Å²) in [5.74, 6) is -0.812. The van der Waals surface area contributed by atoms with Gasteiger partial charge in [0.1, 0.15) is 23.5 Å². The summed E-state index contributed by atoms with van der Waals surface area (Å²) < 4.78 is 28.0. The molecule has 2 aliphatic heterocycles. The third kappa shape index (κ3) is 5.93. The molecule has 2 saturated heterocycles. The van der Waals surface area contributed by atoms with Crippen LogP contribution in [0.15, 0.2) is 30.6 Å². The van der Waals surface area contributed by atoms with Crippen molar-refractivity contribution in [1.82, 2.24) is 20.0 Å². The highest BCUT2D eigenvalue weighted by molar-refractivity contribution is 5.87. The second kappa shape index (κ2) is 11.0. The predicted octanol–water partition coefficient (Wildman–Crippen LogP) is 4.38. The summed E-state index contributed by atoms with van der Waals surface area (Å²) in [7, 11) is 0. The van der Waals surface area contributed by atoms with Gasteiger partial charge in [0.15, 0.2) is 0 Å². The van der Waals surface area contributed by atoms with E-state index in [0.29, 0.717) is 24.3 Å². The predicted molar refractivity (Wildman–Crippen MR) is 141 cm³/mol. The summed E-state index contributed by atoms with van der Waals surface area (Å²) in [4.78, 5) is 27.7. The third-order valence-corrected chi connectivity index (χ3v) is 7.91. The smallest absolute Gasteiger partial charge is 0.411 e. The molecule has 5 rings (SSSR count). The van der Waals surface area contributed by atoms with Crippen molar-refractivity contribution >= 4 is 12.0 Å². The lowest BCUT2D eigenvalue weighted by Gasteiger charge is -2.35. The molecule has 39 heavy (non-hydrogen) atoms. The van der Waals surface area contributed by atoms with Gasteiger partial charge >= 0.3 is 6.09 Å². The number of benzene rings is 1. The van der Waals surface area contributed by atoms with Crippen LogP contribution in [0.2, 0.25) is 0 Å². The average molecular weight is 538 g/mol. The molecule has 1 saturated carbocycles. The quantitative estimate of drug-likeness (QED) is 0.586. The fraction of sp³-hybridized carbons (Fsp3) is 0.586. The molecule has 4 atom stereocenters. The Balaban J connectivity index is 1.24. The topological polar surface area (TPSA) is 109 Å². The molecule has 9 nitrogen and oxygen atoms in total. The summed E-state index contributed by atoms with van der Waals surface area (Å²) in [6, 6.07) is 5.60. The van der Waals surface area contributed by atoms with Crippen molar-refractivity contribution in [3.8, 4) is 17.2 Å². The van der Waals surface area contributed by atoms with Crippen molar-refractivity contribution in [3.63, 3.8) is 0 Å². The minimum atomic E-state index is -0.936. The first-order chi connectivity index (χ1) is 18.6. The highest BCUT2D eigenvalue weighted by Gasteiger charge is 2.52. The SMILES string of the molecule is CC(C)(C)OC(=O)N1[C@@H]2CCC(C2)[C@H]1C(=O)NC(C#N)Cc1ccc(-c2cnn(C3CCOCC3)c2)cc1F. The molecule has 0 radical (unpaired) electrons. The maximum Gasteiger partial charge on any atom is 0.411 e. The number of piperidine rings is 1.